The van der Waals surface area contributed by atoms with Gasteiger partial charge in [-0.1, -0.05) is 0 Å². The Hall–Kier alpha value is -3.29. The van der Waals surface area contributed by atoms with E-state index in [-0.39, 0.29) is 49.6 Å². The minimum atomic E-state index is -4.78. The number of hydrogen-bond acceptors (Lipinski definition) is 4. The fourth-order valence-corrected chi connectivity index (χ4v) is 3.54. The molecule has 0 bridgehead atoms. The van der Waals surface area contributed by atoms with Crippen LogP contribution in [0.4, 0.5) is 37.0 Å². The normalized spacial score (nSPS) is 14.6. The minimum Gasteiger partial charge on any atom is -0.335 e. The van der Waals surface area contributed by atoms with E-state index in [0.29, 0.717) is 12.1 Å². The summed E-state index contributed by atoms with van der Waals surface area (Å²) in [5.74, 6) is -5.69. The van der Waals surface area contributed by atoms with E-state index in [0.717, 1.165) is 9.47 Å². The van der Waals surface area contributed by atoms with E-state index in [1.54, 1.807) is 0 Å². The highest BCUT2D eigenvalue weighted by atomic mass is 19.4. The first-order valence-corrected chi connectivity index (χ1v) is 10.1. The molecular weight excluding hydrogens is 470 g/mol. The molecule has 1 aromatic carbocycles. The molecule has 0 unspecified atom stereocenters. The van der Waals surface area contributed by atoms with Crippen molar-refractivity contribution in [3.05, 3.63) is 46.7 Å². The van der Waals surface area contributed by atoms with Gasteiger partial charge in [0.1, 0.15) is 5.82 Å². The third kappa shape index (κ3) is 5.43. The molecule has 186 valence electrons. The minimum absolute atomic E-state index is 0.0117. The van der Waals surface area contributed by atoms with Crippen LogP contribution in [0.3, 0.4) is 0 Å². The molecule has 2 heterocycles. The van der Waals surface area contributed by atoms with Gasteiger partial charge in [0.25, 0.3) is 0 Å². The zero-order valence-electron chi connectivity index (χ0n) is 18.2. The Morgan fingerprint density at radius 2 is 1.79 bits per heavy atom. The average molecular weight is 492 g/mol. The van der Waals surface area contributed by atoms with Gasteiger partial charge in [0.2, 0.25) is 11.7 Å². The van der Waals surface area contributed by atoms with Gasteiger partial charge in [0.05, 0.1) is 12.2 Å². The number of nitrogens with zero attached hydrogens (tertiary/aromatic N) is 4. The van der Waals surface area contributed by atoms with E-state index in [1.165, 1.54) is 19.0 Å². The molecule has 34 heavy (non-hydrogen) atoms. The lowest BCUT2D eigenvalue weighted by atomic mass is 10.0. The van der Waals surface area contributed by atoms with Crippen LogP contribution >= 0.6 is 0 Å². The fraction of sp³-hybridized carbons (Fsp3) is 0.450. The van der Waals surface area contributed by atoms with Crippen molar-refractivity contribution in [3.8, 4) is 0 Å². The van der Waals surface area contributed by atoms with Gasteiger partial charge in [0, 0.05) is 45.7 Å². The lowest BCUT2D eigenvalue weighted by Gasteiger charge is -2.30. The molecule has 2 aromatic rings. The van der Waals surface area contributed by atoms with Crippen LogP contribution < -0.4 is 11.1 Å². The van der Waals surface area contributed by atoms with Crippen LogP contribution in [0.1, 0.15) is 23.5 Å². The van der Waals surface area contributed by atoms with Gasteiger partial charge < -0.3 is 20.1 Å². The smallest absolute Gasteiger partial charge is 0.335 e. The molecular formula is C20H22F6N6O2. The fourth-order valence-electron chi connectivity index (χ4n) is 3.54. The maximum Gasteiger partial charge on any atom is 0.449 e. The number of imidazole rings is 1. The number of anilines is 1. The number of benzene rings is 1. The number of carbonyl (C=O) groups excluding carboxylic acids is 2. The van der Waals surface area contributed by atoms with E-state index in [2.05, 4.69) is 10.3 Å². The molecule has 1 atom stereocenters. The Kier molecular flexibility index (Phi) is 7.10. The van der Waals surface area contributed by atoms with Crippen molar-refractivity contribution in [2.24, 2.45) is 5.73 Å². The number of alkyl halides is 3. The van der Waals surface area contributed by atoms with Gasteiger partial charge in [-0.15, -0.1) is 0 Å². The maximum absolute atomic E-state index is 13.9. The number of carbonyl (C=O) groups is 2. The number of rotatable bonds is 5. The first kappa shape index (κ1) is 25.3. The van der Waals surface area contributed by atoms with Crippen molar-refractivity contribution >= 4 is 17.8 Å². The largest absolute Gasteiger partial charge is 0.449 e. The SMILES string of the molecule is CN(C)C(=O)Nc1nc(C(F)(F)F)n2c1CN(C(=O)C[C@H](N)Cc1cc(F)c(F)cc1F)CC2. The number of aromatic nitrogens is 2. The molecule has 0 saturated carbocycles. The summed E-state index contributed by atoms with van der Waals surface area (Å²) in [6.45, 7) is -0.594. The molecule has 0 fully saturated rings. The summed E-state index contributed by atoms with van der Waals surface area (Å²) in [6.07, 6.45) is -5.36. The van der Waals surface area contributed by atoms with Gasteiger partial charge >= 0.3 is 12.2 Å². The van der Waals surface area contributed by atoms with Crippen LogP contribution in [-0.4, -0.2) is 58.0 Å². The summed E-state index contributed by atoms with van der Waals surface area (Å²) in [6, 6.07) is -0.620. The zero-order chi connectivity index (χ0) is 25.4. The van der Waals surface area contributed by atoms with Crippen LogP contribution in [-0.2, 0) is 30.5 Å². The number of nitrogens with one attached hydrogen (secondary N) is 1. The Bertz CT molecular complexity index is 1100. The molecule has 0 saturated heterocycles. The summed E-state index contributed by atoms with van der Waals surface area (Å²) in [5.41, 5.74) is 5.68. The molecule has 1 aliphatic rings. The molecule has 0 radical (unpaired) electrons. The predicted molar refractivity (Wildman–Crippen MR) is 108 cm³/mol. The predicted octanol–water partition coefficient (Wildman–Crippen LogP) is 2.72. The molecule has 3 rings (SSSR count). The first-order valence-electron chi connectivity index (χ1n) is 10.1. The maximum atomic E-state index is 13.9. The second-order valence-electron chi connectivity index (χ2n) is 8.05. The van der Waals surface area contributed by atoms with E-state index in [4.69, 9.17) is 5.73 Å². The van der Waals surface area contributed by atoms with Gasteiger partial charge in [-0.2, -0.15) is 13.2 Å². The molecule has 1 aliphatic heterocycles. The molecule has 14 heteroatoms. The van der Waals surface area contributed by atoms with E-state index >= 15 is 0 Å². The Morgan fingerprint density at radius 1 is 1.15 bits per heavy atom. The van der Waals surface area contributed by atoms with Crippen LogP contribution in [0.2, 0.25) is 0 Å². The molecule has 0 aliphatic carbocycles. The number of urea groups is 1. The lowest BCUT2D eigenvalue weighted by Crippen LogP contribution is -2.42. The molecule has 3 amide bonds. The summed E-state index contributed by atoms with van der Waals surface area (Å²) in [4.78, 5) is 30.6. The highest BCUT2D eigenvalue weighted by Crippen LogP contribution is 2.34. The van der Waals surface area contributed by atoms with E-state index in [1.807, 2.05) is 0 Å². The van der Waals surface area contributed by atoms with E-state index < -0.39 is 47.4 Å². The number of fused-ring (bicyclic) bond motifs is 1. The molecule has 1 aromatic heterocycles. The van der Waals surface area contributed by atoms with Crippen molar-refractivity contribution in [2.75, 3.05) is 26.0 Å². The van der Waals surface area contributed by atoms with E-state index in [9.17, 15) is 35.9 Å². The first-order chi connectivity index (χ1) is 15.8. The standard InChI is InChI=1S/C20H22F6N6O2/c1-30(2)19(34)29-17-15-9-31(3-4-32(15)18(28-17)20(24,25)26)16(33)7-11(27)5-10-6-13(22)14(23)8-12(10)21/h6,8,11H,3-5,7,9,27H2,1-2H3,(H,29,34)/t11-/m1/s1. The third-order valence-corrected chi connectivity index (χ3v) is 5.25. The van der Waals surface area contributed by atoms with Gasteiger partial charge in [-0.3, -0.25) is 10.1 Å². The Balaban J connectivity index is 1.75. The van der Waals surface area contributed by atoms with Gasteiger partial charge in [0.15, 0.2) is 17.5 Å². The number of hydrogen-bond donors (Lipinski definition) is 2. The Morgan fingerprint density at radius 3 is 2.41 bits per heavy atom. The van der Waals surface area contributed by atoms with Crippen LogP contribution in [0.25, 0.3) is 0 Å². The molecule has 3 N–H and O–H groups in total. The highest BCUT2D eigenvalue weighted by molar-refractivity contribution is 5.88. The van der Waals surface area contributed by atoms with Crippen LogP contribution in [0, 0.1) is 17.5 Å². The zero-order valence-corrected chi connectivity index (χ0v) is 18.2. The number of nitrogens with two attached hydrogens (primary N) is 1. The van der Waals surface area contributed by atoms with Crippen molar-refractivity contribution < 1.29 is 35.9 Å². The molecule has 8 nitrogen and oxygen atoms in total. The average Bonchev–Trinajstić information content (AvgIpc) is 3.10. The van der Waals surface area contributed by atoms with Crippen molar-refractivity contribution in [1.82, 2.24) is 19.4 Å². The second-order valence-corrected chi connectivity index (χ2v) is 8.05. The summed E-state index contributed by atoms with van der Waals surface area (Å²) in [7, 11) is 2.80. The second kappa shape index (κ2) is 9.52. The lowest BCUT2D eigenvalue weighted by molar-refractivity contribution is -0.148. The summed E-state index contributed by atoms with van der Waals surface area (Å²) >= 11 is 0. The van der Waals surface area contributed by atoms with Gasteiger partial charge in [-0.25, -0.2) is 22.9 Å². The Labute approximate surface area is 190 Å². The van der Waals surface area contributed by atoms with Crippen LogP contribution in [0.15, 0.2) is 12.1 Å². The third-order valence-electron chi connectivity index (χ3n) is 5.25. The monoisotopic (exact) mass is 492 g/mol. The highest BCUT2D eigenvalue weighted by Gasteiger charge is 2.41. The number of halogens is 6. The van der Waals surface area contributed by atoms with Crippen molar-refractivity contribution in [2.45, 2.75) is 38.1 Å². The van der Waals surface area contributed by atoms with Crippen molar-refractivity contribution in [3.63, 3.8) is 0 Å². The number of amides is 3. The van der Waals surface area contributed by atoms with Crippen molar-refractivity contribution in [1.29, 1.82) is 0 Å². The summed E-state index contributed by atoms with van der Waals surface area (Å²) in [5, 5.41) is 2.30. The topological polar surface area (TPSA) is 96.5 Å². The molecule has 0 spiro atoms. The quantitative estimate of drug-likeness (QED) is 0.496. The summed E-state index contributed by atoms with van der Waals surface area (Å²) < 4.78 is 81.5. The van der Waals surface area contributed by atoms with Crippen LogP contribution in [0.5, 0.6) is 0 Å². The van der Waals surface area contributed by atoms with Gasteiger partial charge in [-0.05, 0) is 18.1 Å².